The fourth-order valence-electron chi connectivity index (χ4n) is 2.87. The van der Waals surface area contributed by atoms with Crippen molar-refractivity contribution in [2.75, 3.05) is 40.0 Å². The van der Waals surface area contributed by atoms with Crippen LogP contribution in [0, 0.1) is 11.8 Å². The molecular formula is C15H30N2O3. The molecule has 1 rings (SSSR count). The van der Waals surface area contributed by atoms with Crippen LogP contribution in [0.4, 0.5) is 0 Å². The molecule has 3 atom stereocenters. The molecule has 0 aromatic carbocycles. The van der Waals surface area contributed by atoms with Gasteiger partial charge in [-0.05, 0) is 18.3 Å². The lowest BCUT2D eigenvalue weighted by atomic mass is 9.78. The number of rotatable bonds is 8. The van der Waals surface area contributed by atoms with Gasteiger partial charge < -0.3 is 15.2 Å². The van der Waals surface area contributed by atoms with E-state index < -0.39 is 0 Å². The second-order valence-corrected chi connectivity index (χ2v) is 5.93. The Labute approximate surface area is 122 Å². The van der Waals surface area contributed by atoms with E-state index in [0.29, 0.717) is 44.1 Å². The Bertz CT molecular complexity index is 286. The second kappa shape index (κ2) is 9.32. The van der Waals surface area contributed by atoms with E-state index in [1.54, 1.807) is 7.11 Å². The number of nitrogens with zero attached hydrogens (tertiary/aromatic N) is 1. The average Bonchev–Trinajstić information content (AvgIpc) is 2.41. The second-order valence-electron chi connectivity index (χ2n) is 5.93. The van der Waals surface area contributed by atoms with Gasteiger partial charge in [0.25, 0.3) is 0 Å². The number of ether oxygens (including phenoxy) is 1. The van der Waals surface area contributed by atoms with Gasteiger partial charge in [-0.1, -0.05) is 26.7 Å². The summed E-state index contributed by atoms with van der Waals surface area (Å²) in [5.41, 5.74) is 0. The van der Waals surface area contributed by atoms with Crippen LogP contribution in [0.15, 0.2) is 0 Å². The molecule has 2 N–H and O–H groups in total. The largest absolute Gasteiger partial charge is 0.395 e. The maximum Gasteiger partial charge on any atom is 0.234 e. The number of methoxy groups -OCH3 is 1. The van der Waals surface area contributed by atoms with E-state index in [-0.39, 0.29) is 12.5 Å². The molecule has 0 aromatic heterocycles. The zero-order valence-electron chi connectivity index (χ0n) is 13.1. The number of amides is 1. The van der Waals surface area contributed by atoms with Crippen LogP contribution in [0.1, 0.15) is 33.1 Å². The third-order valence-electron chi connectivity index (χ3n) is 4.45. The third-order valence-corrected chi connectivity index (χ3v) is 4.45. The van der Waals surface area contributed by atoms with Crippen molar-refractivity contribution in [3.63, 3.8) is 0 Å². The minimum absolute atomic E-state index is 0.0560. The van der Waals surface area contributed by atoms with E-state index in [1.165, 1.54) is 12.8 Å². The van der Waals surface area contributed by atoms with Crippen LogP contribution < -0.4 is 5.32 Å². The van der Waals surface area contributed by atoms with Crippen LogP contribution in [0.3, 0.4) is 0 Å². The highest BCUT2D eigenvalue weighted by molar-refractivity contribution is 5.78. The summed E-state index contributed by atoms with van der Waals surface area (Å²) in [6.07, 6.45) is 3.54. The van der Waals surface area contributed by atoms with E-state index in [0.717, 1.165) is 6.42 Å². The lowest BCUT2D eigenvalue weighted by Gasteiger charge is -2.35. The first-order valence-electron chi connectivity index (χ1n) is 7.70. The Kier molecular flexibility index (Phi) is 8.11. The summed E-state index contributed by atoms with van der Waals surface area (Å²) in [6, 6.07) is 0.296. The van der Waals surface area contributed by atoms with Crippen molar-refractivity contribution in [1.29, 1.82) is 0 Å². The molecule has 0 aromatic rings. The Hall–Kier alpha value is -0.650. The summed E-state index contributed by atoms with van der Waals surface area (Å²) in [4.78, 5) is 14.1. The van der Waals surface area contributed by atoms with Gasteiger partial charge in [-0.25, -0.2) is 0 Å². The maximum absolute atomic E-state index is 12.1. The van der Waals surface area contributed by atoms with E-state index >= 15 is 0 Å². The predicted molar refractivity (Wildman–Crippen MR) is 79.5 cm³/mol. The van der Waals surface area contributed by atoms with E-state index in [4.69, 9.17) is 9.84 Å². The van der Waals surface area contributed by atoms with Crippen molar-refractivity contribution >= 4 is 5.91 Å². The summed E-state index contributed by atoms with van der Waals surface area (Å²) in [6.45, 7) is 6.64. The quantitative estimate of drug-likeness (QED) is 0.695. The van der Waals surface area contributed by atoms with Gasteiger partial charge in [0.2, 0.25) is 5.91 Å². The maximum atomic E-state index is 12.1. The zero-order chi connectivity index (χ0) is 15.0. The Morgan fingerprint density at radius 2 is 2.10 bits per heavy atom. The molecule has 118 valence electrons. The molecule has 1 fully saturated rings. The molecule has 0 saturated heterocycles. The Morgan fingerprint density at radius 1 is 1.35 bits per heavy atom. The lowest BCUT2D eigenvalue weighted by Crippen LogP contribution is -2.48. The fourth-order valence-corrected chi connectivity index (χ4v) is 2.87. The number of hydrogen-bond donors (Lipinski definition) is 2. The van der Waals surface area contributed by atoms with E-state index in [2.05, 4.69) is 19.2 Å². The summed E-state index contributed by atoms with van der Waals surface area (Å²) < 4.78 is 5.03. The number of carbonyl (C=O) groups excluding carboxylic acids is 1. The van der Waals surface area contributed by atoms with Crippen LogP contribution in [0.5, 0.6) is 0 Å². The summed E-state index contributed by atoms with van der Waals surface area (Å²) >= 11 is 0. The third kappa shape index (κ3) is 5.77. The molecule has 0 bridgehead atoms. The van der Waals surface area contributed by atoms with Gasteiger partial charge >= 0.3 is 0 Å². The van der Waals surface area contributed by atoms with Gasteiger partial charge in [0.05, 0.1) is 19.8 Å². The van der Waals surface area contributed by atoms with Crippen molar-refractivity contribution in [2.45, 2.75) is 39.2 Å². The SMILES string of the molecule is COCCN(CCO)CC(=O)NC1CCCC(C)C1C. The summed E-state index contributed by atoms with van der Waals surface area (Å²) in [5, 5.41) is 12.2. The first-order chi connectivity index (χ1) is 9.58. The smallest absolute Gasteiger partial charge is 0.234 e. The van der Waals surface area contributed by atoms with Crippen molar-refractivity contribution in [3.05, 3.63) is 0 Å². The number of nitrogens with one attached hydrogen (secondary N) is 1. The number of carbonyl (C=O) groups is 1. The molecule has 0 radical (unpaired) electrons. The van der Waals surface area contributed by atoms with Gasteiger partial charge in [-0.2, -0.15) is 0 Å². The number of aliphatic hydroxyl groups excluding tert-OH is 1. The van der Waals surface area contributed by atoms with Crippen LogP contribution in [-0.2, 0) is 9.53 Å². The lowest BCUT2D eigenvalue weighted by molar-refractivity contribution is -0.123. The van der Waals surface area contributed by atoms with Crippen LogP contribution in [0.25, 0.3) is 0 Å². The molecule has 1 amide bonds. The van der Waals surface area contributed by atoms with Gasteiger partial charge in [0.1, 0.15) is 0 Å². The van der Waals surface area contributed by atoms with Crippen molar-refractivity contribution in [1.82, 2.24) is 10.2 Å². The van der Waals surface area contributed by atoms with Crippen molar-refractivity contribution in [3.8, 4) is 0 Å². The molecule has 0 aliphatic heterocycles. The molecule has 20 heavy (non-hydrogen) atoms. The Morgan fingerprint density at radius 3 is 2.75 bits per heavy atom. The first kappa shape index (κ1) is 17.4. The monoisotopic (exact) mass is 286 g/mol. The van der Waals surface area contributed by atoms with Crippen molar-refractivity contribution in [2.24, 2.45) is 11.8 Å². The average molecular weight is 286 g/mol. The van der Waals surface area contributed by atoms with Gasteiger partial charge in [-0.3, -0.25) is 9.69 Å². The van der Waals surface area contributed by atoms with Crippen LogP contribution in [-0.4, -0.2) is 61.9 Å². The number of aliphatic hydroxyl groups is 1. The van der Waals surface area contributed by atoms with Gasteiger partial charge in [-0.15, -0.1) is 0 Å². The standard InChI is InChI=1S/C15H30N2O3/c1-12-5-4-6-14(13(12)2)16-15(19)11-17(7-9-18)8-10-20-3/h12-14,18H,4-11H2,1-3H3,(H,16,19). The van der Waals surface area contributed by atoms with E-state index in [9.17, 15) is 4.79 Å². The molecule has 5 nitrogen and oxygen atoms in total. The molecule has 0 heterocycles. The van der Waals surface area contributed by atoms with Gasteiger partial charge in [0.15, 0.2) is 0 Å². The molecule has 3 unspecified atom stereocenters. The minimum atomic E-state index is 0.0560. The Balaban J connectivity index is 2.39. The zero-order valence-corrected chi connectivity index (χ0v) is 13.1. The minimum Gasteiger partial charge on any atom is -0.395 e. The molecule has 0 spiro atoms. The number of hydrogen-bond acceptors (Lipinski definition) is 4. The fraction of sp³-hybridized carbons (Fsp3) is 0.933. The van der Waals surface area contributed by atoms with Gasteiger partial charge in [0, 0.05) is 26.2 Å². The molecule has 1 aliphatic carbocycles. The summed E-state index contributed by atoms with van der Waals surface area (Å²) in [7, 11) is 1.64. The molecular weight excluding hydrogens is 256 g/mol. The topological polar surface area (TPSA) is 61.8 Å². The highest BCUT2D eigenvalue weighted by Crippen LogP contribution is 2.29. The highest BCUT2D eigenvalue weighted by atomic mass is 16.5. The van der Waals surface area contributed by atoms with Crippen LogP contribution >= 0.6 is 0 Å². The predicted octanol–water partition coefficient (Wildman–Crippen LogP) is 0.868. The molecule has 1 saturated carbocycles. The van der Waals surface area contributed by atoms with E-state index in [1.807, 2.05) is 4.90 Å². The highest BCUT2D eigenvalue weighted by Gasteiger charge is 2.28. The first-order valence-corrected chi connectivity index (χ1v) is 7.70. The van der Waals surface area contributed by atoms with Crippen LogP contribution in [0.2, 0.25) is 0 Å². The summed E-state index contributed by atoms with van der Waals surface area (Å²) in [5.74, 6) is 1.27. The normalized spacial score (nSPS) is 26.8. The van der Waals surface area contributed by atoms with Crippen molar-refractivity contribution < 1.29 is 14.6 Å². The molecule has 5 heteroatoms. The molecule has 1 aliphatic rings.